The minimum atomic E-state index is -0.656. The van der Waals surface area contributed by atoms with E-state index in [4.69, 9.17) is 20.4 Å². The Labute approximate surface area is 238 Å². The molecule has 0 radical (unpaired) electrons. The molecule has 1 atom stereocenters. The highest BCUT2D eigenvalue weighted by atomic mass is 16.3. The first kappa shape index (κ1) is 26.4. The van der Waals surface area contributed by atoms with Crippen molar-refractivity contribution in [2.45, 2.75) is 59.2 Å². The second-order valence-electron chi connectivity index (χ2n) is 10.7. The quantitative estimate of drug-likeness (QED) is 0.251. The lowest BCUT2D eigenvalue weighted by atomic mass is 9.95. The Bertz CT molecular complexity index is 1910. The van der Waals surface area contributed by atoms with Gasteiger partial charge in [0.05, 0.1) is 54.3 Å². The second kappa shape index (κ2) is 10.6. The molecule has 2 aromatic carbocycles. The highest BCUT2D eigenvalue weighted by molar-refractivity contribution is 5.94. The number of fused-ring (bicyclic) bond motifs is 2. The summed E-state index contributed by atoms with van der Waals surface area (Å²) < 4.78 is 5.58. The number of aliphatic hydroxyl groups excluding tert-OH is 1. The van der Waals surface area contributed by atoms with Crippen molar-refractivity contribution in [3.05, 3.63) is 89.5 Å². The molecule has 9 heteroatoms. The van der Waals surface area contributed by atoms with Crippen molar-refractivity contribution >= 4 is 21.9 Å². The molecular weight excluding hydrogens is 512 g/mol. The average molecular weight is 545 g/mol. The Morgan fingerprint density at radius 2 is 1.76 bits per heavy atom. The molecule has 6 rings (SSSR count). The summed E-state index contributed by atoms with van der Waals surface area (Å²) in [4.78, 5) is 4.77. The van der Waals surface area contributed by atoms with E-state index in [2.05, 4.69) is 44.1 Å². The number of aromatic nitrogens is 7. The summed E-state index contributed by atoms with van der Waals surface area (Å²) in [5.41, 5.74) is 8.24. The first-order valence-corrected chi connectivity index (χ1v) is 13.8. The molecule has 0 aliphatic rings. The number of benzene rings is 2. The molecule has 9 nitrogen and oxygen atoms in total. The van der Waals surface area contributed by atoms with E-state index in [1.807, 2.05) is 71.1 Å². The Hall–Kier alpha value is -4.81. The van der Waals surface area contributed by atoms with Crippen LogP contribution in [-0.2, 0) is 13.1 Å². The predicted octanol–water partition coefficient (Wildman–Crippen LogP) is 6.02. The summed E-state index contributed by atoms with van der Waals surface area (Å²) in [5, 5.41) is 36.2. The zero-order valence-corrected chi connectivity index (χ0v) is 23.7. The third-order valence-corrected chi connectivity index (χ3v) is 7.52. The van der Waals surface area contributed by atoms with Crippen molar-refractivity contribution < 1.29 is 5.11 Å². The molecular formula is C32H32N8O. The fraction of sp³-hybridized carbons (Fsp3) is 0.281. The third kappa shape index (κ3) is 4.87. The van der Waals surface area contributed by atoms with E-state index >= 15 is 0 Å². The lowest BCUT2D eigenvalue weighted by molar-refractivity contribution is 0.152. The van der Waals surface area contributed by atoms with Gasteiger partial charge in [-0.05, 0) is 37.5 Å². The Morgan fingerprint density at radius 1 is 0.951 bits per heavy atom. The largest absolute Gasteiger partial charge is 0.386 e. The molecule has 0 unspecified atom stereocenters. The number of rotatable bonds is 8. The highest BCUT2D eigenvalue weighted by Crippen LogP contribution is 2.37. The standard InChI is InChI=1S/C32H32N8O/c1-20(2)30-22(4)40(28-16-24-17-38(15-9-14-33)37-32(24)34-21(28)3)36-31(30)25-12-8-13-27-26(25)18-39(35-27)19-29(41)23-10-6-5-7-11-23/h5-8,10-13,16-18,20,29,41H,9,15,19H2,1-4H3/t29-/m0/s1. The molecule has 41 heavy (non-hydrogen) atoms. The van der Waals surface area contributed by atoms with Crippen LogP contribution in [0.5, 0.6) is 0 Å². The van der Waals surface area contributed by atoms with E-state index in [0.29, 0.717) is 25.2 Å². The fourth-order valence-corrected chi connectivity index (χ4v) is 5.57. The van der Waals surface area contributed by atoms with E-state index in [1.165, 1.54) is 5.56 Å². The van der Waals surface area contributed by atoms with Crippen molar-refractivity contribution in [1.82, 2.24) is 34.3 Å². The number of nitriles is 1. The maximum absolute atomic E-state index is 10.8. The van der Waals surface area contributed by atoms with Gasteiger partial charge in [0.25, 0.3) is 0 Å². The molecule has 0 aliphatic heterocycles. The molecule has 0 saturated heterocycles. The second-order valence-corrected chi connectivity index (χ2v) is 10.7. The van der Waals surface area contributed by atoms with Gasteiger partial charge in [-0.15, -0.1) is 0 Å². The van der Waals surface area contributed by atoms with Gasteiger partial charge < -0.3 is 5.11 Å². The van der Waals surface area contributed by atoms with Crippen LogP contribution in [0.1, 0.15) is 54.8 Å². The van der Waals surface area contributed by atoms with Crippen LogP contribution in [0.4, 0.5) is 0 Å². The van der Waals surface area contributed by atoms with E-state index in [1.54, 1.807) is 4.68 Å². The predicted molar refractivity (Wildman–Crippen MR) is 159 cm³/mol. The van der Waals surface area contributed by atoms with Crippen molar-refractivity contribution in [2.75, 3.05) is 0 Å². The lowest BCUT2D eigenvalue weighted by Gasteiger charge is -2.10. The first-order valence-electron chi connectivity index (χ1n) is 13.8. The first-order chi connectivity index (χ1) is 19.8. The number of hydrogen-bond acceptors (Lipinski definition) is 6. The molecule has 0 fully saturated rings. The molecule has 0 saturated carbocycles. The number of nitrogens with zero attached hydrogens (tertiary/aromatic N) is 8. The van der Waals surface area contributed by atoms with Gasteiger partial charge in [0.15, 0.2) is 5.65 Å². The van der Waals surface area contributed by atoms with Crippen LogP contribution in [0, 0.1) is 25.2 Å². The zero-order valence-electron chi connectivity index (χ0n) is 23.7. The van der Waals surface area contributed by atoms with E-state index in [0.717, 1.165) is 50.2 Å². The number of aryl methyl sites for hydroxylation is 2. The SMILES string of the molecule is Cc1nc2nn(CCC#N)cc2cc1-n1nc(-c2cccc3nn(C[C@H](O)c4ccccc4)cc23)c(C(C)C)c1C. The molecule has 0 amide bonds. The van der Waals surface area contributed by atoms with Crippen LogP contribution in [0.25, 0.3) is 38.9 Å². The number of pyridine rings is 1. The topological polar surface area (TPSA) is 110 Å². The number of aliphatic hydroxyl groups is 1. The fourth-order valence-electron chi connectivity index (χ4n) is 5.57. The van der Waals surface area contributed by atoms with Crippen LogP contribution in [0.3, 0.4) is 0 Å². The molecule has 206 valence electrons. The van der Waals surface area contributed by atoms with E-state index < -0.39 is 6.10 Å². The van der Waals surface area contributed by atoms with Crippen molar-refractivity contribution in [3.63, 3.8) is 0 Å². The molecule has 0 bridgehead atoms. The van der Waals surface area contributed by atoms with Gasteiger partial charge in [-0.25, -0.2) is 9.67 Å². The summed E-state index contributed by atoms with van der Waals surface area (Å²) in [6.45, 7) is 9.34. The van der Waals surface area contributed by atoms with Gasteiger partial charge in [-0.3, -0.25) is 9.36 Å². The monoisotopic (exact) mass is 544 g/mol. The summed E-state index contributed by atoms with van der Waals surface area (Å²) in [5.74, 6) is 0.231. The van der Waals surface area contributed by atoms with Crippen LogP contribution in [0.2, 0.25) is 0 Å². The van der Waals surface area contributed by atoms with E-state index in [-0.39, 0.29) is 5.92 Å². The average Bonchev–Trinajstić information content (AvgIpc) is 3.65. The molecule has 4 aromatic heterocycles. The summed E-state index contributed by atoms with van der Waals surface area (Å²) >= 11 is 0. The maximum atomic E-state index is 10.8. The summed E-state index contributed by atoms with van der Waals surface area (Å²) in [6, 6.07) is 20.0. The zero-order chi connectivity index (χ0) is 28.7. The summed E-state index contributed by atoms with van der Waals surface area (Å²) in [6.07, 6.45) is 3.68. The van der Waals surface area contributed by atoms with Crippen LogP contribution in [0.15, 0.2) is 67.0 Å². The Balaban J connectivity index is 1.43. The normalized spacial score (nSPS) is 12.4. The molecule has 0 aliphatic carbocycles. The Morgan fingerprint density at radius 3 is 2.51 bits per heavy atom. The minimum absolute atomic E-state index is 0.231. The lowest BCUT2D eigenvalue weighted by Crippen LogP contribution is -2.08. The van der Waals surface area contributed by atoms with Crippen molar-refractivity contribution in [2.24, 2.45) is 0 Å². The van der Waals surface area contributed by atoms with Crippen molar-refractivity contribution in [3.8, 4) is 23.0 Å². The molecule has 1 N–H and O–H groups in total. The molecule has 0 spiro atoms. The molecule has 4 heterocycles. The minimum Gasteiger partial charge on any atom is -0.386 e. The van der Waals surface area contributed by atoms with Gasteiger partial charge in [0.2, 0.25) is 0 Å². The maximum Gasteiger partial charge on any atom is 0.181 e. The number of hydrogen-bond donors (Lipinski definition) is 1. The van der Waals surface area contributed by atoms with Gasteiger partial charge in [-0.2, -0.15) is 20.6 Å². The van der Waals surface area contributed by atoms with Gasteiger partial charge in [0.1, 0.15) is 0 Å². The van der Waals surface area contributed by atoms with Crippen LogP contribution in [-0.4, -0.2) is 39.4 Å². The van der Waals surface area contributed by atoms with Crippen molar-refractivity contribution in [1.29, 1.82) is 5.26 Å². The highest BCUT2D eigenvalue weighted by Gasteiger charge is 2.23. The van der Waals surface area contributed by atoms with E-state index in [9.17, 15) is 5.11 Å². The van der Waals surface area contributed by atoms with Gasteiger partial charge >= 0.3 is 0 Å². The third-order valence-electron chi connectivity index (χ3n) is 7.52. The van der Waals surface area contributed by atoms with Gasteiger partial charge in [0, 0.05) is 40.0 Å². The molecule has 6 aromatic rings. The van der Waals surface area contributed by atoms with Gasteiger partial charge in [-0.1, -0.05) is 56.3 Å². The van der Waals surface area contributed by atoms with Crippen LogP contribution < -0.4 is 0 Å². The summed E-state index contributed by atoms with van der Waals surface area (Å²) in [7, 11) is 0. The van der Waals surface area contributed by atoms with Crippen LogP contribution >= 0.6 is 0 Å². The Kier molecular flexibility index (Phi) is 6.85. The smallest absolute Gasteiger partial charge is 0.181 e.